The van der Waals surface area contributed by atoms with Gasteiger partial charge in [0.25, 0.3) is 0 Å². The molecule has 0 radical (unpaired) electrons. The lowest BCUT2D eigenvalue weighted by Gasteiger charge is -2.15. The summed E-state index contributed by atoms with van der Waals surface area (Å²) in [5, 5.41) is 2.84. The molecule has 15 heavy (non-hydrogen) atoms. The largest absolute Gasteiger partial charge is 0.325 e. The second-order valence-corrected chi connectivity index (χ2v) is 4.67. The molecule has 1 saturated heterocycles. The van der Waals surface area contributed by atoms with Gasteiger partial charge in [0.2, 0.25) is 5.91 Å². The fraction of sp³-hybridized carbons (Fsp3) is 0.300. The summed E-state index contributed by atoms with van der Waals surface area (Å²) in [6.45, 7) is 0.560. The molecule has 4 nitrogen and oxygen atoms in total. The Labute approximate surface area is 94.6 Å². The number of benzene rings is 1. The summed E-state index contributed by atoms with van der Waals surface area (Å²) in [6.07, 6.45) is 0. The normalized spacial score (nSPS) is 21.8. The molecule has 3 rings (SSSR count). The summed E-state index contributed by atoms with van der Waals surface area (Å²) in [5.41, 5.74) is 1.13. The number of anilines is 1. The molecule has 2 aliphatic rings. The summed E-state index contributed by atoms with van der Waals surface area (Å²) in [7, 11) is 0. The molecule has 2 heterocycles. The average molecular weight is 270 g/mol. The molecule has 0 unspecified atom stereocenters. The molecule has 0 aliphatic carbocycles. The van der Waals surface area contributed by atoms with Crippen LogP contribution in [0.3, 0.4) is 0 Å². The maximum Gasteiger partial charge on any atom is 0.240 e. The Balaban J connectivity index is 2.19. The molecule has 1 spiro atoms. The quantitative estimate of drug-likeness (QED) is 0.728. The van der Waals surface area contributed by atoms with Gasteiger partial charge in [-0.2, -0.15) is 0 Å². The SMILES string of the molecule is O=C1Nc2ccc(Br)cc2C12COOC2. The van der Waals surface area contributed by atoms with Gasteiger partial charge in [0, 0.05) is 10.2 Å². The van der Waals surface area contributed by atoms with Crippen molar-refractivity contribution in [1.29, 1.82) is 0 Å². The van der Waals surface area contributed by atoms with E-state index in [-0.39, 0.29) is 19.1 Å². The van der Waals surface area contributed by atoms with Gasteiger partial charge in [-0.15, -0.1) is 0 Å². The van der Waals surface area contributed by atoms with Crippen LogP contribution >= 0.6 is 15.9 Å². The predicted molar refractivity (Wildman–Crippen MR) is 56.4 cm³/mol. The van der Waals surface area contributed by atoms with Crippen molar-refractivity contribution in [3.63, 3.8) is 0 Å². The van der Waals surface area contributed by atoms with Crippen molar-refractivity contribution in [3.05, 3.63) is 28.2 Å². The third kappa shape index (κ3) is 1.17. The number of hydrogen-bond acceptors (Lipinski definition) is 3. The molecule has 78 valence electrons. The van der Waals surface area contributed by atoms with Crippen molar-refractivity contribution in [2.75, 3.05) is 18.5 Å². The molecule has 5 heteroatoms. The minimum atomic E-state index is -0.654. The van der Waals surface area contributed by atoms with E-state index >= 15 is 0 Å². The minimum Gasteiger partial charge on any atom is -0.325 e. The number of nitrogens with one attached hydrogen (secondary N) is 1. The Morgan fingerprint density at radius 3 is 2.80 bits per heavy atom. The minimum absolute atomic E-state index is 0.0481. The summed E-state index contributed by atoms with van der Waals surface area (Å²) in [5.74, 6) is -0.0481. The van der Waals surface area contributed by atoms with E-state index in [4.69, 9.17) is 9.78 Å². The number of fused-ring (bicyclic) bond motifs is 2. The number of amides is 1. The van der Waals surface area contributed by atoms with Crippen LogP contribution < -0.4 is 5.32 Å². The zero-order chi connectivity index (χ0) is 10.5. The molecular formula is C10H8BrNO3. The number of rotatable bonds is 0. The number of hydrogen-bond donors (Lipinski definition) is 1. The molecule has 0 aromatic heterocycles. The fourth-order valence-corrected chi connectivity index (χ4v) is 2.36. The lowest BCUT2D eigenvalue weighted by atomic mass is 9.84. The maximum atomic E-state index is 11.9. The molecule has 0 saturated carbocycles. The van der Waals surface area contributed by atoms with E-state index < -0.39 is 5.41 Å². The Hall–Kier alpha value is -0.910. The summed E-state index contributed by atoms with van der Waals surface area (Å²) < 4.78 is 0.948. The molecule has 1 N–H and O–H groups in total. The van der Waals surface area contributed by atoms with Crippen molar-refractivity contribution in [2.24, 2.45) is 0 Å². The van der Waals surface area contributed by atoms with Crippen LogP contribution in [0.2, 0.25) is 0 Å². The first-order valence-corrected chi connectivity index (χ1v) is 5.38. The van der Waals surface area contributed by atoms with Crippen molar-refractivity contribution in [3.8, 4) is 0 Å². The van der Waals surface area contributed by atoms with Gasteiger partial charge in [0.05, 0.1) is 0 Å². The molecular weight excluding hydrogens is 262 g/mol. The van der Waals surface area contributed by atoms with Gasteiger partial charge in [-0.05, 0) is 23.8 Å². The van der Waals surface area contributed by atoms with Gasteiger partial charge in [0.15, 0.2) is 0 Å². The van der Waals surface area contributed by atoms with Crippen LogP contribution in [0.5, 0.6) is 0 Å². The smallest absolute Gasteiger partial charge is 0.240 e. The van der Waals surface area contributed by atoms with Crippen LogP contribution in [0, 0.1) is 0 Å². The van der Waals surface area contributed by atoms with E-state index in [1.54, 1.807) is 0 Å². The third-order valence-corrected chi connectivity index (χ3v) is 3.37. The molecule has 0 bridgehead atoms. The Bertz CT molecular complexity index is 440. The average Bonchev–Trinajstić information content (AvgIpc) is 2.78. The van der Waals surface area contributed by atoms with E-state index in [2.05, 4.69) is 21.2 Å². The van der Waals surface area contributed by atoms with Gasteiger partial charge in [0.1, 0.15) is 18.6 Å². The predicted octanol–water partition coefficient (Wildman–Crippen LogP) is 1.60. The molecule has 2 aliphatic heterocycles. The molecule has 1 amide bonds. The topological polar surface area (TPSA) is 47.6 Å². The van der Waals surface area contributed by atoms with Crippen LogP contribution in [0.25, 0.3) is 0 Å². The van der Waals surface area contributed by atoms with Crippen LogP contribution in [0.1, 0.15) is 5.56 Å². The molecule has 1 fully saturated rings. The summed E-state index contributed by atoms with van der Waals surface area (Å²) in [6, 6.07) is 5.71. The Kier molecular flexibility index (Phi) is 1.89. The highest BCUT2D eigenvalue weighted by Crippen LogP contribution is 2.42. The number of carbonyl (C=O) groups excluding carboxylic acids is 1. The van der Waals surface area contributed by atoms with E-state index in [1.807, 2.05) is 18.2 Å². The lowest BCUT2D eigenvalue weighted by molar-refractivity contribution is -0.248. The third-order valence-electron chi connectivity index (χ3n) is 2.87. The van der Waals surface area contributed by atoms with Crippen LogP contribution in [0.15, 0.2) is 22.7 Å². The van der Waals surface area contributed by atoms with Crippen LogP contribution in [0.4, 0.5) is 5.69 Å². The highest BCUT2D eigenvalue weighted by Gasteiger charge is 2.51. The Morgan fingerprint density at radius 2 is 2.07 bits per heavy atom. The maximum absolute atomic E-state index is 11.9. The van der Waals surface area contributed by atoms with Gasteiger partial charge in [-0.1, -0.05) is 15.9 Å². The summed E-state index contributed by atoms with van der Waals surface area (Å²) >= 11 is 3.39. The first-order valence-electron chi connectivity index (χ1n) is 4.58. The highest BCUT2D eigenvalue weighted by atomic mass is 79.9. The first-order chi connectivity index (χ1) is 7.22. The zero-order valence-corrected chi connectivity index (χ0v) is 9.33. The van der Waals surface area contributed by atoms with Gasteiger partial charge >= 0.3 is 0 Å². The molecule has 0 atom stereocenters. The number of halogens is 1. The van der Waals surface area contributed by atoms with Crippen LogP contribution in [-0.2, 0) is 20.0 Å². The second-order valence-electron chi connectivity index (χ2n) is 3.75. The second kappa shape index (κ2) is 3.04. The van der Waals surface area contributed by atoms with Crippen LogP contribution in [-0.4, -0.2) is 19.1 Å². The lowest BCUT2D eigenvalue weighted by Crippen LogP contribution is -2.37. The fourth-order valence-electron chi connectivity index (χ4n) is 2.00. The molecule has 1 aromatic carbocycles. The van der Waals surface area contributed by atoms with Crippen molar-refractivity contribution >= 4 is 27.5 Å². The van der Waals surface area contributed by atoms with Crippen molar-refractivity contribution < 1.29 is 14.6 Å². The summed E-state index contributed by atoms with van der Waals surface area (Å²) in [4.78, 5) is 21.6. The zero-order valence-electron chi connectivity index (χ0n) is 7.75. The monoisotopic (exact) mass is 269 g/mol. The van der Waals surface area contributed by atoms with Crippen molar-refractivity contribution in [2.45, 2.75) is 5.41 Å². The number of carbonyl (C=O) groups is 1. The van der Waals surface area contributed by atoms with Gasteiger partial charge in [-0.3, -0.25) is 4.79 Å². The Morgan fingerprint density at radius 1 is 1.33 bits per heavy atom. The highest BCUT2D eigenvalue weighted by molar-refractivity contribution is 9.10. The first kappa shape index (κ1) is 9.33. The van der Waals surface area contributed by atoms with Gasteiger partial charge in [-0.25, -0.2) is 9.78 Å². The van der Waals surface area contributed by atoms with E-state index in [1.165, 1.54) is 0 Å². The molecule has 1 aromatic rings. The van der Waals surface area contributed by atoms with E-state index in [0.717, 1.165) is 15.7 Å². The van der Waals surface area contributed by atoms with E-state index in [0.29, 0.717) is 0 Å². The van der Waals surface area contributed by atoms with Crippen molar-refractivity contribution in [1.82, 2.24) is 0 Å². The van der Waals surface area contributed by atoms with E-state index in [9.17, 15) is 4.79 Å². The standard InChI is InChI=1S/C10H8BrNO3/c11-6-1-2-8-7(3-6)10(9(13)12-8)4-14-15-5-10/h1-3H,4-5H2,(H,12,13). The van der Waals surface area contributed by atoms with Gasteiger partial charge < -0.3 is 5.32 Å².